The molecule has 1 aromatic heterocycles. The van der Waals surface area contributed by atoms with E-state index in [4.69, 9.17) is 4.42 Å². The minimum absolute atomic E-state index is 0.112. The van der Waals surface area contributed by atoms with Crippen LogP contribution in [0.25, 0.3) is 0 Å². The summed E-state index contributed by atoms with van der Waals surface area (Å²) in [4.78, 5) is 2.23. The third-order valence-electron chi connectivity index (χ3n) is 3.43. The molecular formula is C18H26N2O. The summed E-state index contributed by atoms with van der Waals surface area (Å²) in [6, 6.07) is 10.6. The van der Waals surface area contributed by atoms with E-state index < -0.39 is 0 Å². The molecule has 0 aliphatic rings. The molecule has 0 unspecified atom stereocenters. The van der Waals surface area contributed by atoms with Gasteiger partial charge in [-0.25, -0.2) is 0 Å². The molecule has 0 saturated carbocycles. The van der Waals surface area contributed by atoms with Crippen LogP contribution in [0.3, 0.4) is 0 Å². The maximum atomic E-state index is 5.45. The van der Waals surface area contributed by atoms with Crippen molar-refractivity contribution < 1.29 is 4.42 Å². The lowest BCUT2D eigenvalue weighted by Crippen LogP contribution is -2.35. The van der Waals surface area contributed by atoms with Crippen LogP contribution < -0.4 is 10.2 Å². The molecule has 3 nitrogen and oxygen atoms in total. The first kappa shape index (κ1) is 15.6. The van der Waals surface area contributed by atoms with Gasteiger partial charge in [0.15, 0.2) is 0 Å². The largest absolute Gasteiger partial charge is 0.467 e. The van der Waals surface area contributed by atoms with Crippen LogP contribution in [0.1, 0.15) is 37.7 Å². The Balaban J connectivity index is 2.17. The molecule has 0 radical (unpaired) electrons. The average molecular weight is 286 g/mol. The minimum atomic E-state index is 0.112. The first-order valence-corrected chi connectivity index (χ1v) is 7.43. The Morgan fingerprint density at radius 3 is 2.57 bits per heavy atom. The van der Waals surface area contributed by atoms with E-state index in [2.05, 4.69) is 63.2 Å². The molecule has 0 spiro atoms. The van der Waals surface area contributed by atoms with Gasteiger partial charge in [0.2, 0.25) is 0 Å². The fourth-order valence-corrected chi connectivity index (χ4v) is 2.31. The van der Waals surface area contributed by atoms with Gasteiger partial charge in [-0.15, -0.1) is 0 Å². The number of aryl methyl sites for hydroxylation is 1. The number of nitrogens with one attached hydrogen (secondary N) is 1. The zero-order valence-electron chi connectivity index (χ0n) is 13.7. The molecule has 0 fully saturated rings. The van der Waals surface area contributed by atoms with Crippen molar-refractivity contribution in [3.05, 3.63) is 53.5 Å². The van der Waals surface area contributed by atoms with Gasteiger partial charge in [-0.3, -0.25) is 0 Å². The van der Waals surface area contributed by atoms with Crippen LogP contribution in [0.4, 0.5) is 5.69 Å². The van der Waals surface area contributed by atoms with Gasteiger partial charge < -0.3 is 14.6 Å². The Morgan fingerprint density at radius 2 is 1.95 bits per heavy atom. The fourth-order valence-electron chi connectivity index (χ4n) is 2.31. The Hall–Kier alpha value is -1.74. The highest BCUT2D eigenvalue weighted by Gasteiger charge is 2.13. The van der Waals surface area contributed by atoms with Gasteiger partial charge in [0.05, 0.1) is 12.8 Å². The third kappa shape index (κ3) is 4.64. The molecule has 0 bridgehead atoms. The van der Waals surface area contributed by atoms with Crippen molar-refractivity contribution in [1.29, 1.82) is 0 Å². The van der Waals surface area contributed by atoms with Gasteiger partial charge in [-0.1, -0.05) is 17.7 Å². The summed E-state index contributed by atoms with van der Waals surface area (Å²) < 4.78 is 5.45. The maximum Gasteiger partial charge on any atom is 0.123 e. The first-order chi connectivity index (χ1) is 9.85. The molecule has 2 aromatic rings. The zero-order valence-corrected chi connectivity index (χ0v) is 13.7. The summed E-state index contributed by atoms with van der Waals surface area (Å²) in [6.45, 7) is 10.3. The molecular weight excluding hydrogens is 260 g/mol. The van der Waals surface area contributed by atoms with Crippen LogP contribution in [0.2, 0.25) is 0 Å². The van der Waals surface area contributed by atoms with E-state index in [1.54, 1.807) is 6.26 Å². The Kier molecular flexibility index (Phi) is 4.73. The zero-order chi connectivity index (χ0) is 15.5. The predicted octanol–water partition coefficient (Wildman–Crippen LogP) is 4.11. The first-order valence-electron chi connectivity index (χ1n) is 7.43. The number of benzene rings is 1. The van der Waals surface area contributed by atoms with Crippen molar-refractivity contribution in [2.24, 2.45) is 0 Å². The van der Waals surface area contributed by atoms with Crippen molar-refractivity contribution in [3.8, 4) is 0 Å². The molecule has 0 aliphatic carbocycles. The van der Waals surface area contributed by atoms with E-state index in [9.17, 15) is 0 Å². The fraction of sp³-hybridized carbons (Fsp3) is 0.444. The second kappa shape index (κ2) is 6.35. The van der Waals surface area contributed by atoms with Gasteiger partial charge >= 0.3 is 0 Å². The van der Waals surface area contributed by atoms with Crippen molar-refractivity contribution in [2.45, 2.75) is 46.3 Å². The van der Waals surface area contributed by atoms with E-state index in [1.165, 1.54) is 16.8 Å². The number of nitrogens with zero attached hydrogens (tertiary/aromatic N) is 1. The van der Waals surface area contributed by atoms with E-state index in [0.29, 0.717) is 0 Å². The Bertz CT molecular complexity index is 567. The van der Waals surface area contributed by atoms with Gasteiger partial charge in [0.1, 0.15) is 5.76 Å². The van der Waals surface area contributed by atoms with E-state index in [1.807, 2.05) is 12.1 Å². The predicted molar refractivity (Wildman–Crippen MR) is 88.6 cm³/mol. The highest BCUT2D eigenvalue weighted by atomic mass is 16.3. The van der Waals surface area contributed by atoms with Crippen molar-refractivity contribution in [1.82, 2.24) is 5.32 Å². The number of hydrogen-bond acceptors (Lipinski definition) is 3. The molecule has 1 N–H and O–H groups in total. The summed E-state index contributed by atoms with van der Waals surface area (Å²) in [7, 11) is 2.10. The summed E-state index contributed by atoms with van der Waals surface area (Å²) in [6.07, 6.45) is 1.72. The van der Waals surface area contributed by atoms with Crippen LogP contribution in [0, 0.1) is 6.92 Å². The lowest BCUT2D eigenvalue weighted by atomic mass is 10.1. The average Bonchev–Trinajstić information content (AvgIpc) is 2.88. The van der Waals surface area contributed by atoms with Crippen LogP contribution in [-0.4, -0.2) is 12.6 Å². The molecule has 0 amide bonds. The summed E-state index contributed by atoms with van der Waals surface area (Å²) in [5.41, 5.74) is 3.96. The Labute approximate surface area is 128 Å². The highest BCUT2D eigenvalue weighted by Crippen LogP contribution is 2.23. The van der Waals surface area contributed by atoms with E-state index in [-0.39, 0.29) is 5.54 Å². The van der Waals surface area contributed by atoms with E-state index >= 15 is 0 Å². The summed E-state index contributed by atoms with van der Waals surface area (Å²) >= 11 is 0. The SMILES string of the molecule is Cc1ccc(N(C)Cc2ccco2)c(CNC(C)(C)C)c1. The summed E-state index contributed by atoms with van der Waals surface area (Å²) in [5.74, 6) is 0.979. The van der Waals surface area contributed by atoms with Gasteiger partial charge in [0, 0.05) is 24.8 Å². The molecule has 0 saturated heterocycles. The lowest BCUT2D eigenvalue weighted by molar-refractivity contribution is 0.424. The number of anilines is 1. The van der Waals surface area contributed by atoms with Crippen molar-refractivity contribution in [3.63, 3.8) is 0 Å². The van der Waals surface area contributed by atoms with E-state index in [0.717, 1.165) is 18.8 Å². The van der Waals surface area contributed by atoms with Gasteiger partial charge in [-0.05, 0) is 51.5 Å². The molecule has 0 aliphatic heterocycles. The Morgan fingerprint density at radius 1 is 1.19 bits per heavy atom. The highest BCUT2D eigenvalue weighted by molar-refractivity contribution is 5.54. The topological polar surface area (TPSA) is 28.4 Å². The van der Waals surface area contributed by atoms with Crippen molar-refractivity contribution >= 4 is 5.69 Å². The molecule has 0 atom stereocenters. The normalized spacial score (nSPS) is 11.7. The van der Waals surface area contributed by atoms with Crippen LogP contribution >= 0.6 is 0 Å². The second-order valence-electron chi connectivity index (χ2n) is 6.67. The standard InChI is InChI=1S/C18H26N2O/c1-14-8-9-17(15(11-14)12-19-18(2,3)4)20(5)13-16-7-6-10-21-16/h6-11,19H,12-13H2,1-5H3. The molecule has 21 heavy (non-hydrogen) atoms. The molecule has 2 rings (SSSR count). The quantitative estimate of drug-likeness (QED) is 0.896. The smallest absolute Gasteiger partial charge is 0.123 e. The second-order valence-corrected chi connectivity index (χ2v) is 6.67. The monoisotopic (exact) mass is 286 g/mol. The van der Waals surface area contributed by atoms with Crippen molar-refractivity contribution in [2.75, 3.05) is 11.9 Å². The number of hydrogen-bond donors (Lipinski definition) is 1. The van der Waals surface area contributed by atoms with Crippen LogP contribution in [0.15, 0.2) is 41.0 Å². The molecule has 1 aromatic carbocycles. The molecule has 1 heterocycles. The molecule has 3 heteroatoms. The lowest BCUT2D eigenvalue weighted by Gasteiger charge is -2.25. The minimum Gasteiger partial charge on any atom is -0.467 e. The third-order valence-corrected chi connectivity index (χ3v) is 3.43. The van der Waals surface area contributed by atoms with Gasteiger partial charge in [-0.2, -0.15) is 0 Å². The van der Waals surface area contributed by atoms with Gasteiger partial charge in [0.25, 0.3) is 0 Å². The summed E-state index contributed by atoms with van der Waals surface area (Å²) in [5, 5.41) is 3.57. The van der Waals surface area contributed by atoms with Crippen LogP contribution in [-0.2, 0) is 13.1 Å². The number of rotatable bonds is 5. The number of furan rings is 1. The van der Waals surface area contributed by atoms with Crippen LogP contribution in [0.5, 0.6) is 0 Å². The maximum absolute atomic E-state index is 5.45. The molecule has 114 valence electrons.